The minimum atomic E-state index is 0.137. The van der Waals surface area contributed by atoms with Gasteiger partial charge in [-0.1, -0.05) is 129 Å². The zero-order valence-electron chi connectivity index (χ0n) is 29.4. The maximum absolute atomic E-state index is 5.99. The number of benzene rings is 2. The number of rotatable bonds is 28. The van der Waals surface area contributed by atoms with E-state index in [0.717, 1.165) is 48.9 Å². The second-order valence-electron chi connectivity index (χ2n) is 12.7. The molecule has 3 rings (SSSR count). The van der Waals surface area contributed by atoms with E-state index in [2.05, 4.69) is 39.4 Å². The van der Waals surface area contributed by atoms with E-state index < -0.39 is 0 Å². The van der Waals surface area contributed by atoms with Crippen molar-refractivity contribution >= 4 is 29.2 Å². The lowest BCUT2D eigenvalue weighted by Crippen LogP contribution is -2.07. The number of unbranched alkanes of at least 4 members (excludes halogenated alkanes) is 18. The fraction of sp³-hybridized carbons (Fsp3) is 0.615. The van der Waals surface area contributed by atoms with Gasteiger partial charge in [-0.15, -0.1) is 0 Å². The van der Waals surface area contributed by atoms with Crippen molar-refractivity contribution in [1.29, 1.82) is 0 Å². The number of nitrogens with two attached hydrogens (primary N) is 1. The van der Waals surface area contributed by atoms with Gasteiger partial charge in [-0.25, -0.2) is 0 Å². The van der Waals surface area contributed by atoms with Gasteiger partial charge in [0, 0.05) is 11.4 Å². The van der Waals surface area contributed by atoms with Crippen molar-refractivity contribution in [3.63, 3.8) is 0 Å². The molecule has 0 spiro atoms. The summed E-state index contributed by atoms with van der Waals surface area (Å²) in [6.07, 6.45) is 26.4. The van der Waals surface area contributed by atoms with Crippen LogP contribution in [0.5, 0.6) is 11.5 Å². The van der Waals surface area contributed by atoms with Crippen LogP contribution in [0.3, 0.4) is 0 Å². The molecule has 0 bridgehead atoms. The molecule has 2 aromatic carbocycles. The summed E-state index contributed by atoms with van der Waals surface area (Å²) in [5.74, 6) is 2.60. The van der Waals surface area contributed by atoms with Gasteiger partial charge in [0.05, 0.1) is 13.2 Å². The topological polar surface area (TPSA) is 107 Å². The third-order valence-corrected chi connectivity index (χ3v) is 8.41. The normalized spacial score (nSPS) is 11.0. The van der Waals surface area contributed by atoms with Crippen LogP contribution in [0.15, 0.2) is 48.5 Å². The summed E-state index contributed by atoms with van der Waals surface area (Å²) in [7, 11) is 0. The van der Waals surface area contributed by atoms with Crippen LogP contribution in [0.25, 0.3) is 0 Å². The molecule has 8 heteroatoms. The van der Waals surface area contributed by atoms with Crippen LogP contribution in [0.2, 0.25) is 0 Å². The maximum Gasteiger partial charge on any atom is 0.233 e. The highest BCUT2D eigenvalue weighted by atomic mass is 16.5. The molecule has 8 nitrogen and oxygen atoms in total. The quantitative estimate of drug-likeness (QED) is 0.0669. The Kier molecular flexibility index (Phi) is 19.8. The van der Waals surface area contributed by atoms with E-state index in [4.69, 9.17) is 15.2 Å². The molecule has 0 aliphatic carbocycles. The molecular formula is C39H62N6O2. The average molecular weight is 647 g/mol. The molecule has 0 radical (unpaired) electrons. The number of aromatic nitrogens is 3. The van der Waals surface area contributed by atoms with E-state index in [-0.39, 0.29) is 5.95 Å². The van der Waals surface area contributed by atoms with Crippen LogP contribution >= 0.6 is 0 Å². The number of ether oxygens (including phenoxy) is 2. The van der Waals surface area contributed by atoms with Crippen LogP contribution in [0.1, 0.15) is 142 Å². The molecule has 3 aromatic rings. The van der Waals surface area contributed by atoms with Crippen LogP contribution in [-0.2, 0) is 0 Å². The molecule has 0 saturated heterocycles. The van der Waals surface area contributed by atoms with Crippen molar-refractivity contribution in [1.82, 2.24) is 15.0 Å². The number of anilines is 5. The first-order valence-corrected chi connectivity index (χ1v) is 18.7. The Morgan fingerprint density at radius 2 is 0.766 bits per heavy atom. The molecule has 0 saturated carbocycles. The highest BCUT2D eigenvalue weighted by Crippen LogP contribution is 2.22. The molecule has 0 atom stereocenters. The first kappa shape index (κ1) is 37.9. The molecule has 1 heterocycles. The van der Waals surface area contributed by atoms with Gasteiger partial charge in [-0.3, -0.25) is 0 Å². The molecular weight excluding hydrogens is 584 g/mol. The number of nitrogen functional groups attached to an aromatic ring is 1. The van der Waals surface area contributed by atoms with E-state index in [0.29, 0.717) is 11.9 Å². The first-order chi connectivity index (χ1) is 23.2. The fourth-order valence-electron chi connectivity index (χ4n) is 5.59. The number of hydrogen-bond donors (Lipinski definition) is 3. The third kappa shape index (κ3) is 17.8. The van der Waals surface area contributed by atoms with Gasteiger partial charge in [0.25, 0.3) is 0 Å². The molecule has 1 aromatic heterocycles. The van der Waals surface area contributed by atoms with E-state index in [1.807, 2.05) is 48.5 Å². The minimum Gasteiger partial charge on any atom is -0.494 e. The fourth-order valence-corrected chi connectivity index (χ4v) is 5.59. The van der Waals surface area contributed by atoms with Gasteiger partial charge in [0.15, 0.2) is 0 Å². The molecule has 0 unspecified atom stereocenters. The van der Waals surface area contributed by atoms with Crippen molar-refractivity contribution in [3.05, 3.63) is 48.5 Å². The summed E-state index contributed by atoms with van der Waals surface area (Å²) in [6.45, 7) is 6.03. The monoisotopic (exact) mass is 646 g/mol. The summed E-state index contributed by atoms with van der Waals surface area (Å²) in [5, 5.41) is 6.43. The lowest BCUT2D eigenvalue weighted by molar-refractivity contribution is 0.304. The summed E-state index contributed by atoms with van der Waals surface area (Å²) >= 11 is 0. The standard InChI is InChI=1S/C39H62N6O2/c1-3-5-7-9-11-13-15-17-19-21-31-46-35-27-23-33(24-28-35)41-38-43-37(40)44-39(45-38)42-34-25-29-36(30-26-34)47-32-22-20-18-16-14-12-10-8-6-4-2/h23-30H,3-22,31-32H2,1-2H3,(H4,40,41,42,43,44,45). The van der Waals surface area contributed by atoms with Crippen molar-refractivity contribution < 1.29 is 9.47 Å². The van der Waals surface area contributed by atoms with Crippen molar-refractivity contribution in [2.75, 3.05) is 29.6 Å². The smallest absolute Gasteiger partial charge is 0.233 e. The predicted molar refractivity (Wildman–Crippen MR) is 198 cm³/mol. The van der Waals surface area contributed by atoms with Gasteiger partial charge < -0.3 is 25.8 Å². The van der Waals surface area contributed by atoms with Crippen LogP contribution < -0.4 is 25.8 Å². The Labute approximate surface area is 285 Å². The SMILES string of the molecule is CCCCCCCCCCCCOc1ccc(Nc2nc(N)nc(Nc3ccc(OCCCCCCCCCCCC)cc3)n2)cc1. The predicted octanol–water partition coefficient (Wildman–Crippen LogP) is 11.5. The van der Waals surface area contributed by atoms with E-state index in [1.54, 1.807) is 0 Å². The third-order valence-electron chi connectivity index (χ3n) is 8.41. The zero-order valence-corrected chi connectivity index (χ0v) is 29.4. The summed E-state index contributed by atoms with van der Waals surface area (Å²) < 4.78 is 11.9. The van der Waals surface area contributed by atoms with Gasteiger partial charge in [0.1, 0.15) is 11.5 Å². The Morgan fingerprint density at radius 1 is 0.447 bits per heavy atom. The van der Waals surface area contributed by atoms with Crippen molar-refractivity contribution in [2.45, 2.75) is 142 Å². The molecule has 0 aliphatic heterocycles. The lowest BCUT2D eigenvalue weighted by Gasteiger charge is -2.11. The molecule has 47 heavy (non-hydrogen) atoms. The van der Waals surface area contributed by atoms with Gasteiger partial charge in [-0.05, 0) is 61.4 Å². The highest BCUT2D eigenvalue weighted by molar-refractivity contribution is 5.59. The van der Waals surface area contributed by atoms with Crippen molar-refractivity contribution in [2.24, 2.45) is 0 Å². The average Bonchev–Trinajstić information content (AvgIpc) is 3.07. The van der Waals surface area contributed by atoms with Crippen LogP contribution in [-0.4, -0.2) is 28.2 Å². The molecule has 0 amide bonds. The van der Waals surface area contributed by atoms with Crippen molar-refractivity contribution in [3.8, 4) is 11.5 Å². The Bertz CT molecular complexity index is 1100. The molecule has 260 valence electrons. The van der Waals surface area contributed by atoms with Crippen LogP contribution in [0.4, 0.5) is 29.2 Å². The second kappa shape index (κ2) is 24.6. The summed E-state index contributed by atoms with van der Waals surface area (Å²) in [5.41, 5.74) is 7.68. The first-order valence-electron chi connectivity index (χ1n) is 18.7. The molecule has 4 N–H and O–H groups in total. The van der Waals surface area contributed by atoms with Gasteiger partial charge in [0.2, 0.25) is 17.8 Å². The molecule has 0 aliphatic rings. The Hall–Kier alpha value is -3.55. The number of hydrogen-bond acceptors (Lipinski definition) is 8. The highest BCUT2D eigenvalue weighted by Gasteiger charge is 2.07. The zero-order chi connectivity index (χ0) is 33.2. The Balaban J connectivity index is 1.30. The van der Waals surface area contributed by atoms with Gasteiger partial charge >= 0.3 is 0 Å². The second-order valence-corrected chi connectivity index (χ2v) is 12.7. The van der Waals surface area contributed by atoms with Gasteiger partial charge in [-0.2, -0.15) is 15.0 Å². The molecule has 0 fully saturated rings. The minimum absolute atomic E-state index is 0.137. The lowest BCUT2D eigenvalue weighted by atomic mass is 10.1. The number of nitrogens with zero attached hydrogens (tertiary/aromatic N) is 3. The maximum atomic E-state index is 5.99. The van der Waals surface area contributed by atoms with Crippen LogP contribution in [0, 0.1) is 0 Å². The van der Waals surface area contributed by atoms with E-state index in [9.17, 15) is 0 Å². The largest absolute Gasteiger partial charge is 0.494 e. The van der Waals surface area contributed by atoms with E-state index in [1.165, 1.54) is 116 Å². The van der Waals surface area contributed by atoms with E-state index >= 15 is 0 Å². The Morgan fingerprint density at radius 3 is 1.11 bits per heavy atom. The summed E-state index contributed by atoms with van der Waals surface area (Å²) in [4.78, 5) is 13.0. The summed E-state index contributed by atoms with van der Waals surface area (Å²) in [6, 6.07) is 15.7. The number of nitrogens with one attached hydrogen (secondary N) is 2.